The molecule has 0 aromatic rings. The van der Waals surface area contributed by atoms with Crippen LogP contribution >= 0.6 is 0 Å². The zero-order valence-corrected chi connectivity index (χ0v) is 12.4. The summed E-state index contributed by atoms with van der Waals surface area (Å²) in [4.78, 5) is 3.95. The van der Waals surface area contributed by atoms with Gasteiger partial charge in [0.25, 0.3) is 0 Å². The van der Waals surface area contributed by atoms with Crippen molar-refractivity contribution >= 4 is 12.2 Å². The van der Waals surface area contributed by atoms with Crippen molar-refractivity contribution in [3.05, 3.63) is 23.4 Å². The zero-order valence-electron chi connectivity index (χ0n) is 12.4. The van der Waals surface area contributed by atoms with Crippen LogP contribution in [0, 0.1) is 0 Å². The Bertz CT molecular complexity index is 600. The maximum absolute atomic E-state index is 10.4. The Morgan fingerprint density at radius 3 is 2.77 bits per heavy atom. The molecule has 3 rings (SSSR count). The van der Waals surface area contributed by atoms with Crippen LogP contribution in [-0.2, 0) is 4.74 Å². The summed E-state index contributed by atoms with van der Waals surface area (Å²) in [6.45, 7) is 3.23. The number of hydrogen-bond acceptors (Lipinski definition) is 8. The summed E-state index contributed by atoms with van der Waals surface area (Å²) in [5, 5.41) is 35.6. The molecule has 0 aliphatic carbocycles. The molecule has 22 heavy (non-hydrogen) atoms. The van der Waals surface area contributed by atoms with Crippen LogP contribution < -0.4 is 5.73 Å². The highest BCUT2D eigenvalue weighted by Crippen LogP contribution is 2.41. The number of hydrogen-bond donors (Lipinski definition) is 4. The smallest absolute Gasteiger partial charge is 0.150 e. The fraction of sp³-hybridized carbons (Fsp3) is 0.571. The fourth-order valence-electron chi connectivity index (χ4n) is 3.25. The summed E-state index contributed by atoms with van der Waals surface area (Å²) in [6, 6.07) is -0.241. The molecule has 5 atom stereocenters. The maximum Gasteiger partial charge on any atom is 0.150 e. The third-order valence-corrected chi connectivity index (χ3v) is 4.54. The van der Waals surface area contributed by atoms with Crippen LogP contribution in [0.15, 0.2) is 33.5 Å². The Morgan fingerprint density at radius 1 is 1.41 bits per heavy atom. The van der Waals surface area contributed by atoms with Crippen LogP contribution in [0.4, 0.5) is 0 Å². The van der Waals surface area contributed by atoms with Crippen LogP contribution in [0.25, 0.3) is 0 Å². The van der Waals surface area contributed by atoms with E-state index >= 15 is 0 Å². The molecule has 1 fully saturated rings. The lowest BCUT2D eigenvalue weighted by molar-refractivity contribution is -0.0637. The number of rotatable bonds is 2. The molecule has 5 N–H and O–H groups in total. The number of amidine groups is 1. The summed E-state index contributed by atoms with van der Waals surface area (Å²) in [6.07, 6.45) is 1.80. The third-order valence-electron chi connectivity index (χ3n) is 4.54. The highest BCUT2D eigenvalue weighted by molar-refractivity contribution is 6.02. The maximum atomic E-state index is 10.4. The quantitative estimate of drug-likeness (QED) is 0.502. The van der Waals surface area contributed by atoms with Crippen LogP contribution in [-0.4, -0.2) is 69.1 Å². The van der Waals surface area contributed by atoms with Crippen molar-refractivity contribution in [1.82, 2.24) is 5.01 Å². The minimum absolute atomic E-state index is 0.241. The predicted octanol–water partition coefficient (Wildman–Crippen LogP) is -1.31. The molecule has 0 unspecified atom stereocenters. The molecular weight excluding hydrogens is 288 g/mol. The first-order valence-corrected chi connectivity index (χ1v) is 7.12. The second-order valence-electron chi connectivity index (χ2n) is 5.82. The van der Waals surface area contributed by atoms with Gasteiger partial charge < -0.3 is 25.8 Å². The second kappa shape index (κ2) is 5.17. The summed E-state index contributed by atoms with van der Waals surface area (Å²) in [5.41, 5.74) is 6.14. The summed E-state index contributed by atoms with van der Waals surface area (Å²) >= 11 is 0. The molecule has 8 heteroatoms. The normalized spacial score (nSPS) is 41.0. The predicted molar refractivity (Wildman–Crippen MR) is 80.0 cm³/mol. The number of allylic oxidation sites excluding steroid dienone is 2. The van der Waals surface area contributed by atoms with Gasteiger partial charge in [-0.3, -0.25) is 5.01 Å². The van der Waals surface area contributed by atoms with Gasteiger partial charge in [0, 0.05) is 0 Å². The van der Waals surface area contributed by atoms with E-state index < -0.39 is 23.9 Å². The van der Waals surface area contributed by atoms with Gasteiger partial charge in [0.05, 0.1) is 12.6 Å². The van der Waals surface area contributed by atoms with Gasteiger partial charge >= 0.3 is 0 Å². The van der Waals surface area contributed by atoms with E-state index in [0.29, 0.717) is 11.5 Å². The Kier molecular flexibility index (Phi) is 3.56. The number of fused-ring (bicyclic) bond motifs is 1. The van der Waals surface area contributed by atoms with E-state index in [2.05, 4.69) is 10.1 Å². The zero-order chi connectivity index (χ0) is 16.1. The molecule has 0 spiro atoms. The number of aliphatic imine (C=N–C) groups is 1. The topological polar surface area (TPSA) is 124 Å². The molecule has 8 nitrogen and oxygen atoms in total. The van der Waals surface area contributed by atoms with Crippen molar-refractivity contribution in [2.24, 2.45) is 15.8 Å². The number of nitrogens with zero attached hydrogens (tertiary/aromatic N) is 3. The van der Waals surface area contributed by atoms with E-state index in [1.54, 1.807) is 24.1 Å². The Hall–Kier alpha value is -1.74. The minimum Gasteiger partial charge on any atom is -0.394 e. The number of hydrazone groups is 1. The van der Waals surface area contributed by atoms with Crippen LogP contribution in [0.5, 0.6) is 0 Å². The lowest BCUT2D eigenvalue weighted by Crippen LogP contribution is -2.50. The van der Waals surface area contributed by atoms with Gasteiger partial charge in [0.1, 0.15) is 35.9 Å². The Labute approximate surface area is 127 Å². The van der Waals surface area contributed by atoms with Crippen LogP contribution in [0.1, 0.15) is 13.8 Å². The van der Waals surface area contributed by atoms with Crippen molar-refractivity contribution in [1.29, 1.82) is 0 Å². The molecule has 0 aromatic heterocycles. The average molecular weight is 308 g/mol. The first-order chi connectivity index (χ1) is 10.4. The van der Waals surface area contributed by atoms with Crippen molar-refractivity contribution < 1.29 is 20.1 Å². The molecule has 0 bridgehead atoms. The van der Waals surface area contributed by atoms with Gasteiger partial charge in [0.15, 0.2) is 5.84 Å². The first kappa shape index (κ1) is 15.2. The average Bonchev–Trinajstić information content (AvgIpc) is 2.73. The van der Waals surface area contributed by atoms with Crippen LogP contribution in [0.3, 0.4) is 0 Å². The van der Waals surface area contributed by atoms with Gasteiger partial charge in [-0.2, -0.15) is 5.10 Å². The molecule has 1 saturated heterocycles. The molecule has 0 amide bonds. The fourth-order valence-corrected chi connectivity index (χ4v) is 3.25. The lowest BCUT2D eigenvalue weighted by Gasteiger charge is -2.40. The lowest BCUT2D eigenvalue weighted by atomic mass is 9.83. The molecule has 3 heterocycles. The largest absolute Gasteiger partial charge is 0.394 e. The molecule has 0 aromatic carbocycles. The third kappa shape index (κ3) is 1.99. The van der Waals surface area contributed by atoms with Gasteiger partial charge in [-0.15, -0.1) is 0 Å². The molecular formula is C14H20N4O4. The van der Waals surface area contributed by atoms with E-state index in [-0.39, 0.29) is 12.6 Å². The van der Waals surface area contributed by atoms with Crippen molar-refractivity contribution in [2.45, 2.75) is 43.8 Å². The van der Waals surface area contributed by atoms with Gasteiger partial charge in [0.2, 0.25) is 0 Å². The molecule has 120 valence electrons. The van der Waals surface area contributed by atoms with Crippen molar-refractivity contribution in [2.75, 3.05) is 6.61 Å². The monoisotopic (exact) mass is 308 g/mol. The van der Waals surface area contributed by atoms with Gasteiger partial charge in [-0.25, -0.2) is 4.99 Å². The molecule has 0 saturated carbocycles. The highest BCUT2D eigenvalue weighted by Gasteiger charge is 2.54. The second-order valence-corrected chi connectivity index (χ2v) is 5.82. The minimum atomic E-state index is -1.15. The summed E-state index contributed by atoms with van der Waals surface area (Å²) in [5.74, 6) is 0.364. The number of ether oxygens (including phenoxy) is 1. The molecule has 0 radical (unpaired) electrons. The number of aliphatic hydroxyl groups excluding tert-OH is 3. The van der Waals surface area contributed by atoms with E-state index in [0.717, 1.165) is 5.57 Å². The van der Waals surface area contributed by atoms with Crippen molar-refractivity contribution in [3.63, 3.8) is 0 Å². The number of nitrogens with two attached hydrogens (primary N) is 1. The van der Waals surface area contributed by atoms with E-state index in [9.17, 15) is 15.3 Å². The van der Waals surface area contributed by atoms with Crippen molar-refractivity contribution in [3.8, 4) is 0 Å². The standard InChI is InChI=1S/C14H20N4O4/c1-7-8(3-4-9-13(15)16-6-17-18(7)9)14(2)12(21)11(20)10(5-19)22-14/h3-4,6-7,10-12,19-21H,5H2,1-2H3,(H2,15,16,17)/t7-,10+,11+,12+,14-/m0/s1. The SMILES string of the molecule is C[C@H]1C([C@]2(C)O[C@H](CO)[C@@H](O)[C@H]2O)=CC=C2C(N)=NC=NN21. The van der Waals surface area contributed by atoms with Crippen LogP contribution in [0.2, 0.25) is 0 Å². The number of aliphatic hydroxyl groups is 3. The Balaban J connectivity index is 1.99. The van der Waals surface area contributed by atoms with Gasteiger partial charge in [-0.1, -0.05) is 6.08 Å². The van der Waals surface area contributed by atoms with E-state index in [4.69, 9.17) is 10.5 Å². The van der Waals surface area contributed by atoms with E-state index in [1.165, 1.54) is 6.34 Å². The first-order valence-electron chi connectivity index (χ1n) is 7.12. The molecule has 3 aliphatic heterocycles. The highest BCUT2D eigenvalue weighted by atomic mass is 16.6. The van der Waals surface area contributed by atoms with E-state index in [1.807, 2.05) is 6.92 Å². The van der Waals surface area contributed by atoms with Gasteiger partial charge in [-0.05, 0) is 25.5 Å². The summed E-state index contributed by atoms with van der Waals surface area (Å²) < 4.78 is 5.75. The Morgan fingerprint density at radius 2 is 2.14 bits per heavy atom. The molecule has 3 aliphatic rings. The summed E-state index contributed by atoms with van der Waals surface area (Å²) in [7, 11) is 0.